The van der Waals surface area contributed by atoms with Crippen LogP contribution in [0.1, 0.15) is 18.0 Å². The van der Waals surface area contributed by atoms with Gasteiger partial charge in [0.1, 0.15) is 5.75 Å². The van der Waals surface area contributed by atoms with E-state index in [9.17, 15) is 14.7 Å². The Bertz CT molecular complexity index is 468. The molecule has 1 fully saturated rings. The lowest BCUT2D eigenvalue weighted by atomic mass is 9.94. The van der Waals surface area contributed by atoms with Crippen molar-refractivity contribution in [2.75, 3.05) is 14.2 Å². The summed E-state index contributed by atoms with van der Waals surface area (Å²) in [6.07, 6.45) is 0.0581. The van der Waals surface area contributed by atoms with Gasteiger partial charge in [0.15, 0.2) is 0 Å². The number of likely N-dealkylation sites (tertiary alicyclic amines) is 1. The van der Waals surface area contributed by atoms with Crippen LogP contribution in [0.3, 0.4) is 0 Å². The summed E-state index contributed by atoms with van der Waals surface area (Å²) in [6, 6.07) is 6.74. The molecule has 0 bridgehead atoms. The third-order valence-electron chi connectivity index (χ3n) is 3.36. The first-order chi connectivity index (χ1) is 8.54. The van der Waals surface area contributed by atoms with Crippen molar-refractivity contribution in [1.29, 1.82) is 0 Å². The van der Waals surface area contributed by atoms with E-state index < -0.39 is 17.9 Å². The normalized spacial score (nSPS) is 23.2. The van der Waals surface area contributed by atoms with Gasteiger partial charge in [-0.05, 0) is 17.7 Å². The quantitative estimate of drug-likeness (QED) is 0.876. The smallest absolute Gasteiger partial charge is 0.309 e. The van der Waals surface area contributed by atoms with Gasteiger partial charge in [-0.15, -0.1) is 0 Å². The average Bonchev–Trinajstić information content (AvgIpc) is 2.66. The minimum absolute atomic E-state index is 0.0581. The van der Waals surface area contributed by atoms with Crippen LogP contribution in [0.25, 0.3) is 0 Å². The first-order valence-corrected chi connectivity index (χ1v) is 5.67. The van der Waals surface area contributed by atoms with E-state index in [0.717, 1.165) is 5.56 Å². The molecule has 0 aromatic heterocycles. The van der Waals surface area contributed by atoms with E-state index >= 15 is 0 Å². The van der Waals surface area contributed by atoms with Crippen molar-refractivity contribution in [3.63, 3.8) is 0 Å². The van der Waals surface area contributed by atoms with Crippen molar-refractivity contribution in [2.45, 2.75) is 12.5 Å². The van der Waals surface area contributed by atoms with E-state index in [4.69, 9.17) is 4.74 Å². The lowest BCUT2D eigenvalue weighted by Gasteiger charge is -2.23. The van der Waals surface area contributed by atoms with Crippen LogP contribution >= 0.6 is 0 Å². The predicted octanol–water partition coefficient (Wildman–Crippen LogP) is 1.30. The summed E-state index contributed by atoms with van der Waals surface area (Å²) >= 11 is 0. The van der Waals surface area contributed by atoms with E-state index in [1.165, 1.54) is 4.90 Å². The molecule has 1 heterocycles. The van der Waals surface area contributed by atoms with Gasteiger partial charge in [-0.25, -0.2) is 0 Å². The van der Waals surface area contributed by atoms with Crippen molar-refractivity contribution in [3.05, 3.63) is 29.8 Å². The number of carbonyl (C=O) groups excluding carboxylic acids is 1. The van der Waals surface area contributed by atoms with Gasteiger partial charge >= 0.3 is 5.97 Å². The number of carbonyl (C=O) groups is 2. The molecule has 0 aliphatic carbocycles. The van der Waals surface area contributed by atoms with E-state index in [-0.39, 0.29) is 12.3 Å². The maximum Gasteiger partial charge on any atom is 0.309 e. The fraction of sp³-hybridized carbons (Fsp3) is 0.385. The summed E-state index contributed by atoms with van der Waals surface area (Å²) in [6.45, 7) is 0. The second-order valence-electron chi connectivity index (χ2n) is 4.37. The summed E-state index contributed by atoms with van der Waals surface area (Å²) in [5, 5.41) is 9.18. The molecule has 1 saturated heterocycles. The standard InChI is InChI=1S/C13H15NO4/c1-14-11(15)7-10(13(16)17)12(14)8-3-5-9(18-2)6-4-8/h3-6,10,12H,7H2,1-2H3,(H,16,17). The Labute approximate surface area is 105 Å². The summed E-state index contributed by atoms with van der Waals surface area (Å²) in [5.74, 6) is -1.05. The number of amides is 1. The summed E-state index contributed by atoms with van der Waals surface area (Å²) < 4.78 is 5.06. The summed E-state index contributed by atoms with van der Waals surface area (Å²) in [7, 11) is 3.21. The van der Waals surface area contributed by atoms with Crippen LogP contribution in [-0.2, 0) is 9.59 Å². The molecular formula is C13H15NO4. The predicted molar refractivity (Wildman–Crippen MR) is 64.2 cm³/mol. The lowest BCUT2D eigenvalue weighted by molar-refractivity contribution is -0.142. The summed E-state index contributed by atoms with van der Waals surface area (Å²) in [4.78, 5) is 24.3. The fourth-order valence-electron chi connectivity index (χ4n) is 2.35. The third-order valence-corrected chi connectivity index (χ3v) is 3.36. The van der Waals surface area contributed by atoms with E-state index in [2.05, 4.69) is 0 Å². The molecule has 0 saturated carbocycles. The number of carboxylic acids is 1. The van der Waals surface area contributed by atoms with Crippen molar-refractivity contribution in [1.82, 2.24) is 4.90 Å². The molecule has 2 rings (SSSR count). The highest BCUT2D eigenvalue weighted by Gasteiger charge is 2.42. The largest absolute Gasteiger partial charge is 0.497 e. The molecule has 2 atom stereocenters. The van der Waals surface area contributed by atoms with Crippen molar-refractivity contribution >= 4 is 11.9 Å². The van der Waals surface area contributed by atoms with Gasteiger partial charge in [-0.2, -0.15) is 0 Å². The molecule has 0 spiro atoms. The van der Waals surface area contributed by atoms with Crippen LogP contribution in [0.5, 0.6) is 5.75 Å². The van der Waals surface area contributed by atoms with Crippen LogP contribution in [-0.4, -0.2) is 36.0 Å². The van der Waals surface area contributed by atoms with Gasteiger partial charge in [0, 0.05) is 13.5 Å². The number of benzene rings is 1. The van der Waals surface area contributed by atoms with Crippen molar-refractivity contribution < 1.29 is 19.4 Å². The van der Waals surface area contributed by atoms with Gasteiger partial charge in [-0.1, -0.05) is 12.1 Å². The van der Waals surface area contributed by atoms with Crippen LogP contribution in [0.4, 0.5) is 0 Å². The molecule has 1 aliphatic heterocycles. The molecule has 1 aromatic rings. The third kappa shape index (κ3) is 2.03. The minimum Gasteiger partial charge on any atom is -0.497 e. The van der Waals surface area contributed by atoms with Crippen molar-refractivity contribution in [3.8, 4) is 5.75 Å². The van der Waals surface area contributed by atoms with E-state index in [1.807, 2.05) is 0 Å². The highest BCUT2D eigenvalue weighted by atomic mass is 16.5. The molecule has 5 nitrogen and oxygen atoms in total. The molecule has 2 unspecified atom stereocenters. The van der Waals surface area contributed by atoms with Gasteiger partial charge < -0.3 is 14.7 Å². The minimum atomic E-state index is -0.937. The number of aliphatic carboxylic acids is 1. The van der Waals surface area contributed by atoms with Gasteiger partial charge in [-0.3, -0.25) is 9.59 Å². The van der Waals surface area contributed by atoms with Crippen molar-refractivity contribution in [2.24, 2.45) is 5.92 Å². The molecule has 1 aliphatic rings. The van der Waals surface area contributed by atoms with E-state index in [1.54, 1.807) is 38.4 Å². The Balaban J connectivity index is 2.33. The second-order valence-corrected chi connectivity index (χ2v) is 4.37. The summed E-state index contributed by atoms with van der Waals surface area (Å²) in [5.41, 5.74) is 0.816. The Morgan fingerprint density at radius 1 is 1.39 bits per heavy atom. The molecule has 1 amide bonds. The van der Waals surface area contributed by atoms with Crippen LogP contribution in [0.2, 0.25) is 0 Å². The van der Waals surface area contributed by atoms with Gasteiger partial charge in [0.25, 0.3) is 0 Å². The second kappa shape index (κ2) is 4.68. The molecule has 96 valence electrons. The lowest BCUT2D eigenvalue weighted by Crippen LogP contribution is -2.26. The number of methoxy groups -OCH3 is 1. The van der Waals surface area contributed by atoms with Crippen LogP contribution < -0.4 is 4.74 Å². The zero-order valence-electron chi connectivity index (χ0n) is 10.3. The SMILES string of the molecule is COc1ccc(C2C(C(=O)O)CC(=O)N2C)cc1. The first-order valence-electron chi connectivity index (χ1n) is 5.67. The highest BCUT2D eigenvalue weighted by Crippen LogP contribution is 2.37. The Morgan fingerprint density at radius 3 is 2.50 bits per heavy atom. The van der Waals surface area contributed by atoms with E-state index in [0.29, 0.717) is 5.75 Å². The molecule has 1 N–H and O–H groups in total. The Hall–Kier alpha value is -2.04. The zero-order chi connectivity index (χ0) is 13.3. The number of hydrogen-bond acceptors (Lipinski definition) is 3. The van der Waals surface area contributed by atoms with Crippen LogP contribution in [0.15, 0.2) is 24.3 Å². The monoisotopic (exact) mass is 249 g/mol. The van der Waals surface area contributed by atoms with Crippen LogP contribution in [0, 0.1) is 5.92 Å². The fourth-order valence-corrected chi connectivity index (χ4v) is 2.35. The molecule has 1 aromatic carbocycles. The molecule has 18 heavy (non-hydrogen) atoms. The first kappa shape index (κ1) is 12.4. The Morgan fingerprint density at radius 2 is 2.00 bits per heavy atom. The number of ether oxygens (including phenoxy) is 1. The average molecular weight is 249 g/mol. The Kier molecular flexibility index (Phi) is 3.23. The molecular weight excluding hydrogens is 234 g/mol. The van der Waals surface area contributed by atoms with Gasteiger partial charge in [0.2, 0.25) is 5.91 Å². The maximum absolute atomic E-state index is 11.6. The topological polar surface area (TPSA) is 66.8 Å². The molecule has 0 radical (unpaired) electrons. The molecule has 5 heteroatoms. The highest BCUT2D eigenvalue weighted by molar-refractivity contribution is 5.87. The number of hydrogen-bond donors (Lipinski definition) is 1. The zero-order valence-corrected chi connectivity index (χ0v) is 10.3. The number of carboxylic acid groups (broad SMARTS) is 1. The maximum atomic E-state index is 11.6. The number of nitrogens with zero attached hydrogens (tertiary/aromatic N) is 1. The van der Waals surface area contributed by atoms with Gasteiger partial charge in [0.05, 0.1) is 19.1 Å². The number of rotatable bonds is 3.